The molecular weight excluding hydrogens is 170 g/mol. The van der Waals surface area contributed by atoms with E-state index >= 15 is 0 Å². The van der Waals surface area contributed by atoms with Gasteiger partial charge in [0.25, 0.3) is 0 Å². The van der Waals surface area contributed by atoms with E-state index in [1.54, 1.807) is 0 Å². The lowest BCUT2D eigenvalue weighted by Crippen LogP contribution is -2.33. The van der Waals surface area contributed by atoms with Gasteiger partial charge in [-0.2, -0.15) is 0 Å². The fraction of sp³-hybridized carbons (Fsp3) is 0.846. The smallest absolute Gasteiger partial charge is 0.0164 e. The van der Waals surface area contributed by atoms with Crippen LogP contribution in [0.5, 0.6) is 0 Å². The molecule has 0 saturated heterocycles. The summed E-state index contributed by atoms with van der Waals surface area (Å²) in [5, 5.41) is 3.65. The first kappa shape index (κ1) is 11.8. The van der Waals surface area contributed by atoms with Crippen molar-refractivity contribution in [1.82, 2.24) is 5.32 Å². The van der Waals surface area contributed by atoms with E-state index in [-0.39, 0.29) is 0 Å². The first-order valence-corrected chi connectivity index (χ1v) is 6.09. The highest BCUT2D eigenvalue weighted by molar-refractivity contribution is 4.97. The number of hydrogen-bond donors (Lipinski definition) is 1. The Bertz CT molecular complexity index is 186. The van der Waals surface area contributed by atoms with E-state index in [1.807, 2.05) is 0 Å². The fourth-order valence-corrected chi connectivity index (χ4v) is 2.51. The van der Waals surface area contributed by atoms with Crippen LogP contribution in [0.4, 0.5) is 0 Å². The molecule has 3 unspecified atom stereocenters. The number of nitrogens with one attached hydrogen (secondary N) is 1. The average molecular weight is 195 g/mol. The van der Waals surface area contributed by atoms with E-state index in [0.29, 0.717) is 0 Å². The molecule has 1 N–H and O–H groups in total. The Morgan fingerprint density at radius 1 is 1.36 bits per heavy atom. The maximum absolute atomic E-state index is 4.04. The molecule has 1 fully saturated rings. The molecule has 14 heavy (non-hydrogen) atoms. The minimum atomic E-state index is 0.739. The summed E-state index contributed by atoms with van der Waals surface area (Å²) in [6.07, 6.45) is 5.21. The molecule has 1 nitrogen and oxygen atoms in total. The lowest BCUT2D eigenvalue weighted by molar-refractivity contribution is 0.350. The van der Waals surface area contributed by atoms with Crippen LogP contribution in [0.1, 0.15) is 46.5 Å². The number of hydrogen-bond acceptors (Lipinski definition) is 1. The van der Waals surface area contributed by atoms with E-state index < -0.39 is 0 Å². The van der Waals surface area contributed by atoms with Crippen molar-refractivity contribution < 1.29 is 0 Å². The highest BCUT2D eigenvalue weighted by atomic mass is 14.9. The van der Waals surface area contributed by atoms with Crippen LogP contribution in [0, 0.1) is 11.8 Å². The lowest BCUT2D eigenvalue weighted by Gasteiger charge is -2.21. The quantitative estimate of drug-likeness (QED) is 0.663. The first-order valence-electron chi connectivity index (χ1n) is 6.09. The van der Waals surface area contributed by atoms with Crippen molar-refractivity contribution in [3.63, 3.8) is 0 Å². The van der Waals surface area contributed by atoms with Crippen molar-refractivity contribution in [2.75, 3.05) is 6.54 Å². The van der Waals surface area contributed by atoms with Crippen molar-refractivity contribution in [2.24, 2.45) is 11.8 Å². The van der Waals surface area contributed by atoms with Gasteiger partial charge in [0.05, 0.1) is 0 Å². The maximum atomic E-state index is 4.04. The van der Waals surface area contributed by atoms with Gasteiger partial charge in [-0.1, -0.05) is 39.3 Å². The van der Waals surface area contributed by atoms with Gasteiger partial charge in [-0.15, -0.1) is 0 Å². The van der Waals surface area contributed by atoms with Crippen LogP contribution in [0.25, 0.3) is 0 Å². The largest absolute Gasteiger partial charge is 0.310 e. The SMILES string of the molecule is C=C(CC)CNC1CCC(CC)C1C. The van der Waals surface area contributed by atoms with Gasteiger partial charge in [0.2, 0.25) is 0 Å². The van der Waals surface area contributed by atoms with Crippen LogP contribution >= 0.6 is 0 Å². The third kappa shape index (κ3) is 2.84. The second-order valence-electron chi connectivity index (χ2n) is 4.70. The molecular formula is C13H25N. The zero-order chi connectivity index (χ0) is 10.6. The topological polar surface area (TPSA) is 12.0 Å². The lowest BCUT2D eigenvalue weighted by atomic mass is 9.93. The predicted octanol–water partition coefficient (Wildman–Crippen LogP) is 3.37. The van der Waals surface area contributed by atoms with E-state index in [4.69, 9.17) is 0 Å². The Morgan fingerprint density at radius 2 is 2.07 bits per heavy atom. The van der Waals surface area contributed by atoms with Crippen molar-refractivity contribution in [3.05, 3.63) is 12.2 Å². The monoisotopic (exact) mass is 195 g/mol. The third-order valence-corrected chi connectivity index (χ3v) is 3.87. The summed E-state index contributed by atoms with van der Waals surface area (Å²) in [6, 6.07) is 0.739. The summed E-state index contributed by atoms with van der Waals surface area (Å²) < 4.78 is 0. The van der Waals surface area contributed by atoms with Crippen molar-refractivity contribution in [1.29, 1.82) is 0 Å². The summed E-state index contributed by atoms with van der Waals surface area (Å²) in [7, 11) is 0. The van der Waals surface area contributed by atoms with Gasteiger partial charge < -0.3 is 5.32 Å². The van der Waals surface area contributed by atoms with Crippen LogP contribution in [-0.4, -0.2) is 12.6 Å². The molecule has 1 rings (SSSR count). The molecule has 0 aromatic carbocycles. The minimum Gasteiger partial charge on any atom is -0.310 e. The molecule has 0 spiro atoms. The second kappa shape index (κ2) is 5.55. The number of rotatable bonds is 5. The zero-order valence-corrected chi connectivity index (χ0v) is 9.97. The fourth-order valence-electron chi connectivity index (χ4n) is 2.51. The van der Waals surface area contributed by atoms with Gasteiger partial charge in [-0.3, -0.25) is 0 Å². The molecule has 0 aromatic heterocycles. The summed E-state index contributed by atoms with van der Waals surface area (Å²) in [6.45, 7) is 11.9. The molecule has 82 valence electrons. The third-order valence-electron chi connectivity index (χ3n) is 3.87. The maximum Gasteiger partial charge on any atom is 0.0164 e. The van der Waals surface area contributed by atoms with E-state index in [1.165, 1.54) is 24.8 Å². The molecule has 1 saturated carbocycles. The molecule has 1 aliphatic rings. The van der Waals surface area contributed by atoms with Gasteiger partial charge in [-0.05, 0) is 31.1 Å². The van der Waals surface area contributed by atoms with Crippen LogP contribution in [0.3, 0.4) is 0 Å². The Balaban J connectivity index is 2.29. The minimum absolute atomic E-state index is 0.739. The molecule has 3 atom stereocenters. The van der Waals surface area contributed by atoms with E-state index in [0.717, 1.165) is 30.8 Å². The Labute approximate surface area is 89.0 Å². The molecule has 1 heteroatoms. The standard InChI is InChI=1S/C13H25N/c1-5-10(3)9-14-13-8-7-12(6-2)11(13)4/h11-14H,3,5-9H2,1-2,4H3. The second-order valence-corrected chi connectivity index (χ2v) is 4.70. The Hall–Kier alpha value is -0.300. The Morgan fingerprint density at radius 3 is 2.57 bits per heavy atom. The van der Waals surface area contributed by atoms with Crippen molar-refractivity contribution in [3.8, 4) is 0 Å². The van der Waals surface area contributed by atoms with Crippen LogP contribution in [0.15, 0.2) is 12.2 Å². The molecule has 0 radical (unpaired) electrons. The summed E-state index contributed by atoms with van der Waals surface area (Å²) in [4.78, 5) is 0. The van der Waals surface area contributed by atoms with Crippen molar-refractivity contribution in [2.45, 2.75) is 52.5 Å². The molecule has 0 aromatic rings. The molecule has 0 bridgehead atoms. The normalized spacial score (nSPS) is 32.1. The van der Waals surface area contributed by atoms with Crippen LogP contribution in [-0.2, 0) is 0 Å². The summed E-state index contributed by atoms with van der Waals surface area (Å²) in [5.41, 5.74) is 1.33. The van der Waals surface area contributed by atoms with E-state index in [9.17, 15) is 0 Å². The van der Waals surface area contributed by atoms with Crippen LogP contribution in [0.2, 0.25) is 0 Å². The first-order chi connectivity index (χ1) is 6.69. The van der Waals surface area contributed by atoms with Gasteiger partial charge in [0.1, 0.15) is 0 Å². The Kier molecular flexibility index (Phi) is 4.67. The van der Waals surface area contributed by atoms with Gasteiger partial charge in [0, 0.05) is 12.6 Å². The van der Waals surface area contributed by atoms with Crippen LogP contribution < -0.4 is 5.32 Å². The highest BCUT2D eigenvalue weighted by Gasteiger charge is 2.30. The molecule has 0 amide bonds. The zero-order valence-electron chi connectivity index (χ0n) is 9.97. The average Bonchev–Trinajstić information content (AvgIpc) is 2.56. The summed E-state index contributed by atoms with van der Waals surface area (Å²) in [5.74, 6) is 1.80. The van der Waals surface area contributed by atoms with Gasteiger partial charge in [-0.25, -0.2) is 0 Å². The molecule has 0 heterocycles. The molecule has 0 aliphatic heterocycles. The summed E-state index contributed by atoms with van der Waals surface area (Å²) >= 11 is 0. The predicted molar refractivity (Wildman–Crippen MR) is 63.4 cm³/mol. The van der Waals surface area contributed by atoms with Gasteiger partial charge >= 0.3 is 0 Å². The van der Waals surface area contributed by atoms with Crippen molar-refractivity contribution >= 4 is 0 Å². The van der Waals surface area contributed by atoms with E-state index in [2.05, 4.69) is 32.7 Å². The highest BCUT2D eigenvalue weighted by Crippen LogP contribution is 2.33. The molecule has 1 aliphatic carbocycles. The van der Waals surface area contributed by atoms with Gasteiger partial charge in [0.15, 0.2) is 0 Å².